The van der Waals surface area contributed by atoms with Crippen LogP contribution >= 0.6 is 24.0 Å². The van der Waals surface area contributed by atoms with Gasteiger partial charge in [0.15, 0.2) is 5.11 Å². The van der Waals surface area contributed by atoms with Gasteiger partial charge in [-0.2, -0.15) is 0 Å². The fraction of sp³-hybridized carbons (Fsp3) is 0.176. The van der Waals surface area contributed by atoms with Gasteiger partial charge in [-0.05, 0) is 55.4 Å². The van der Waals surface area contributed by atoms with Gasteiger partial charge in [-0.3, -0.25) is 9.69 Å². The van der Waals surface area contributed by atoms with Crippen LogP contribution in [0.1, 0.15) is 11.1 Å². The first-order valence-corrected chi connectivity index (χ1v) is 8.38. The number of nitrogens with one attached hydrogen (secondary N) is 1. The zero-order valence-electron chi connectivity index (χ0n) is 12.4. The topological polar surface area (TPSA) is 32.3 Å². The van der Waals surface area contributed by atoms with Gasteiger partial charge in [0.1, 0.15) is 0 Å². The summed E-state index contributed by atoms with van der Waals surface area (Å²) in [6.45, 7) is 4.05. The SMILES string of the molecule is Cc1ccc(C)c(NC(=S)N2C(=O)CSc3ccccc32)c1. The number of thioether (sulfide) groups is 1. The summed E-state index contributed by atoms with van der Waals surface area (Å²) in [5, 5.41) is 3.64. The molecule has 1 amide bonds. The van der Waals surface area contributed by atoms with Crippen LogP contribution in [-0.4, -0.2) is 16.8 Å². The number of hydrogen-bond acceptors (Lipinski definition) is 3. The van der Waals surface area contributed by atoms with Gasteiger partial charge in [-0.15, -0.1) is 11.8 Å². The standard InChI is InChI=1S/C17H16N2OS2/c1-11-7-8-12(2)13(9-11)18-17(21)19-14-5-3-4-6-15(14)22-10-16(19)20/h3-9H,10H2,1-2H3,(H,18,21). The number of benzene rings is 2. The highest BCUT2D eigenvalue weighted by Gasteiger charge is 2.27. The van der Waals surface area contributed by atoms with Crippen LogP contribution in [0, 0.1) is 13.8 Å². The van der Waals surface area contributed by atoms with E-state index in [-0.39, 0.29) is 5.91 Å². The molecular formula is C17H16N2OS2. The summed E-state index contributed by atoms with van der Waals surface area (Å²) in [4.78, 5) is 15.0. The first-order chi connectivity index (χ1) is 10.6. The van der Waals surface area contributed by atoms with Crippen molar-refractivity contribution in [2.75, 3.05) is 16.0 Å². The Labute approximate surface area is 139 Å². The van der Waals surface area contributed by atoms with Gasteiger partial charge in [0.25, 0.3) is 0 Å². The minimum absolute atomic E-state index is 0.00602. The third kappa shape index (κ3) is 2.87. The number of para-hydroxylation sites is 1. The largest absolute Gasteiger partial charge is 0.332 e. The molecule has 1 aliphatic rings. The van der Waals surface area contributed by atoms with Crippen molar-refractivity contribution in [3.63, 3.8) is 0 Å². The van der Waals surface area contributed by atoms with E-state index >= 15 is 0 Å². The van der Waals surface area contributed by atoms with E-state index in [0.29, 0.717) is 10.9 Å². The fourth-order valence-electron chi connectivity index (χ4n) is 2.37. The van der Waals surface area contributed by atoms with Gasteiger partial charge in [0.05, 0.1) is 11.4 Å². The number of carbonyl (C=O) groups is 1. The Morgan fingerprint density at radius 1 is 1.23 bits per heavy atom. The minimum Gasteiger partial charge on any atom is -0.332 e. The lowest BCUT2D eigenvalue weighted by Gasteiger charge is -2.29. The molecule has 0 atom stereocenters. The van der Waals surface area contributed by atoms with Crippen LogP contribution in [0.15, 0.2) is 47.4 Å². The second-order valence-electron chi connectivity index (χ2n) is 5.23. The first-order valence-electron chi connectivity index (χ1n) is 6.99. The van der Waals surface area contributed by atoms with Crippen LogP contribution < -0.4 is 10.2 Å². The number of anilines is 2. The van der Waals surface area contributed by atoms with E-state index in [1.807, 2.05) is 50.2 Å². The van der Waals surface area contributed by atoms with E-state index in [4.69, 9.17) is 12.2 Å². The van der Waals surface area contributed by atoms with Gasteiger partial charge in [-0.25, -0.2) is 0 Å². The molecule has 3 nitrogen and oxygen atoms in total. The van der Waals surface area contributed by atoms with Crippen LogP contribution in [0.4, 0.5) is 11.4 Å². The maximum absolute atomic E-state index is 12.3. The number of hydrogen-bond donors (Lipinski definition) is 1. The van der Waals surface area contributed by atoms with Crippen LogP contribution in [0.3, 0.4) is 0 Å². The van der Waals surface area contributed by atoms with Gasteiger partial charge < -0.3 is 5.32 Å². The Morgan fingerprint density at radius 3 is 2.82 bits per heavy atom. The van der Waals surface area contributed by atoms with Gasteiger partial charge >= 0.3 is 0 Å². The lowest BCUT2D eigenvalue weighted by atomic mass is 10.1. The summed E-state index contributed by atoms with van der Waals surface area (Å²) in [6.07, 6.45) is 0. The molecule has 0 saturated heterocycles. The Hall–Kier alpha value is -1.85. The molecule has 22 heavy (non-hydrogen) atoms. The highest BCUT2D eigenvalue weighted by molar-refractivity contribution is 8.00. The van der Waals surface area contributed by atoms with Crippen LogP contribution in [0.2, 0.25) is 0 Å². The van der Waals surface area contributed by atoms with Crippen molar-refractivity contribution in [1.82, 2.24) is 0 Å². The average molecular weight is 328 g/mol. The third-order valence-electron chi connectivity index (χ3n) is 3.54. The molecule has 1 N–H and O–H groups in total. The summed E-state index contributed by atoms with van der Waals surface area (Å²) in [5.41, 5.74) is 4.04. The van der Waals surface area contributed by atoms with Crippen LogP contribution in [0.25, 0.3) is 0 Å². The molecule has 0 fully saturated rings. The zero-order valence-corrected chi connectivity index (χ0v) is 14.1. The van der Waals surface area contributed by atoms with Gasteiger partial charge in [0, 0.05) is 10.6 Å². The fourth-order valence-corrected chi connectivity index (χ4v) is 3.57. The average Bonchev–Trinajstić information content (AvgIpc) is 2.50. The third-order valence-corrected chi connectivity index (χ3v) is 4.88. The molecule has 0 bridgehead atoms. The molecule has 1 heterocycles. The molecule has 2 aromatic rings. The Balaban J connectivity index is 1.92. The molecule has 0 aromatic heterocycles. The van der Waals surface area contributed by atoms with Crippen molar-refractivity contribution in [3.05, 3.63) is 53.6 Å². The van der Waals surface area contributed by atoms with E-state index in [1.54, 1.807) is 16.7 Å². The predicted molar refractivity (Wildman–Crippen MR) is 96.8 cm³/mol. The van der Waals surface area contributed by atoms with E-state index in [1.165, 1.54) is 0 Å². The quantitative estimate of drug-likeness (QED) is 0.798. The Bertz CT molecular complexity index is 758. The molecular weight excluding hydrogens is 312 g/mol. The van der Waals surface area contributed by atoms with Crippen LogP contribution in [0.5, 0.6) is 0 Å². The number of thiocarbonyl (C=S) groups is 1. The molecule has 0 spiro atoms. The van der Waals surface area contributed by atoms with E-state index in [2.05, 4.69) is 11.4 Å². The summed E-state index contributed by atoms with van der Waals surface area (Å²) >= 11 is 7.05. The second-order valence-corrected chi connectivity index (χ2v) is 6.64. The highest BCUT2D eigenvalue weighted by Crippen LogP contribution is 2.35. The normalized spacial score (nSPS) is 13.7. The second kappa shape index (κ2) is 6.10. The van der Waals surface area contributed by atoms with E-state index in [0.717, 1.165) is 27.4 Å². The molecule has 0 saturated carbocycles. The molecule has 0 unspecified atom stereocenters. The van der Waals surface area contributed by atoms with Crippen molar-refractivity contribution in [2.45, 2.75) is 18.7 Å². The minimum atomic E-state index is 0.00602. The van der Waals surface area contributed by atoms with Crippen molar-refractivity contribution >= 4 is 46.4 Å². The number of amides is 1. The van der Waals surface area contributed by atoms with Crippen molar-refractivity contribution in [2.24, 2.45) is 0 Å². The number of carbonyl (C=O) groups excluding carboxylic acids is 1. The molecule has 112 valence electrons. The monoisotopic (exact) mass is 328 g/mol. The first kappa shape index (κ1) is 15.1. The van der Waals surface area contributed by atoms with Crippen molar-refractivity contribution < 1.29 is 4.79 Å². The highest BCUT2D eigenvalue weighted by atomic mass is 32.2. The predicted octanol–water partition coefficient (Wildman–Crippen LogP) is 4.14. The Kier molecular flexibility index (Phi) is 4.18. The molecule has 5 heteroatoms. The maximum Gasteiger partial charge on any atom is 0.243 e. The summed E-state index contributed by atoms with van der Waals surface area (Å²) in [6, 6.07) is 14.0. The Morgan fingerprint density at radius 2 is 2.00 bits per heavy atom. The summed E-state index contributed by atoms with van der Waals surface area (Å²) < 4.78 is 0. The van der Waals surface area contributed by atoms with Crippen LogP contribution in [-0.2, 0) is 4.79 Å². The molecule has 2 aromatic carbocycles. The number of rotatable bonds is 1. The molecule has 1 aliphatic heterocycles. The smallest absolute Gasteiger partial charge is 0.243 e. The molecule has 3 rings (SSSR count). The zero-order chi connectivity index (χ0) is 15.7. The lowest BCUT2D eigenvalue weighted by Crippen LogP contribution is -2.43. The molecule has 0 aliphatic carbocycles. The van der Waals surface area contributed by atoms with E-state index < -0.39 is 0 Å². The van der Waals surface area contributed by atoms with E-state index in [9.17, 15) is 4.79 Å². The lowest BCUT2D eigenvalue weighted by molar-refractivity contribution is -0.115. The van der Waals surface area contributed by atoms with Gasteiger partial charge in [0.2, 0.25) is 5.91 Å². The van der Waals surface area contributed by atoms with Crippen molar-refractivity contribution in [3.8, 4) is 0 Å². The summed E-state index contributed by atoms with van der Waals surface area (Å²) in [5.74, 6) is 0.414. The number of fused-ring (bicyclic) bond motifs is 1. The number of aryl methyl sites for hydroxylation is 2. The molecule has 0 radical (unpaired) electrons. The number of nitrogens with zero attached hydrogens (tertiary/aromatic N) is 1. The summed E-state index contributed by atoms with van der Waals surface area (Å²) in [7, 11) is 0. The van der Waals surface area contributed by atoms with Crippen molar-refractivity contribution in [1.29, 1.82) is 0 Å². The maximum atomic E-state index is 12.3. The van der Waals surface area contributed by atoms with Gasteiger partial charge in [-0.1, -0.05) is 24.3 Å².